The fourth-order valence-electron chi connectivity index (χ4n) is 13.0. The quantitative estimate of drug-likeness (QED) is 0.204. The number of nitrogens with zero attached hydrogens (tertiary/aromatic N) is 1. The Balaban J connectivity index is 1.14. The molecule has 3 saturated heterocycles. The van der Waals surface area contributed by atoms with Crippen LogP contribution in [0.3, 0.4) is 0 Å². The maximum atomic E-state index is 15.3. The maximum Gasteiger partial charge on any atom is 0.306 e. The maximum absolute atomic E-state index is 15.3. The largest absolute Gasteiger partial charge is 0.462 e. The lowest BCUT2D eigenvalue weighted by atomic mass is 9.57. The summed E-state index contributed by atoms with van der Waals surface area (Å²) >= 11 is 0. The van der Waals surface area contributed by atoms with Crippen LogP contribution < -0.4 is 5.73 Å². The molecule has 13 heteroatoms. The van der Waals surface area contributed by atoms with Crippen LogP contribution in [0.15, 0.2) is 42.0 Å². The predicted molar refractivity (Wildman–Crippen MR) is 236 cm³/mol. The number of cyclic esters (lactones) is 1. The highest BCUT2D eigenvalue weighted by Crippen LogP contribution is 2.64. The highest BCUT2D eigenvalue weighted by molar-refractivity contribution is 6.24. The smallest absolute Gasteiger partial charge is 0.306 e. The zero-order chi connectivity index (χ0) is 44.9. The van der Waals surface area contributed by atoms with Crippen molar-refractivity contribution >= 4 is 28.8 Å². The van der Waals surface area contributed by atoms with E-state index >= 15 is 9.59 Å². The normalized spacial score (nSPS) is 43.2. The van der Waals surface area contributed by atoms with Gasteiger partial charge in [-0.3, -0.25) is 14.4 Å². The van der Waals surface area contributed by atoms with Crippen molar-refractivity contribution in [2.45, 2.75) is 153 Å². The van der Waals surface area contributed by atoms with Crippen LogP contribution in [0.1, 0.15) is 91.0 Å². The SMILES string of the molecule is CC[C@H]1CCC[C@H](O[C@H]2CC[C@H](N(C)C)C(C)O2)[C@@H](C)C(=O)C2=C[C@H]3[C@@H]4C[C@H](O[C@@H]5OC(C)[C@H](OC)C(OC)[C@@H]5OC)C[C@H]4C4C=C(c5ccc(N)cc5)C(=O)C4[C@H]3[C@@H]2CC(=O)O1. The third-order valence-electron chi connectivity index (χ3n) is 16.1. The number of likely N-dealkylation sites (N-methyl/N-ethyl adjacent to an activating group) is 1. The van der Waals surface area contributed by atoms with Gasteiger partial charge in [0.15, 0.2) is 24.1 Å². The molecule has 8 rings (SSSR count). The second-order valence-corrected chi connectivity index (χ2v) is 19.8. The van der Waals surface area contributed by atoms with Crippen molar-refractivity contribution in [1.29, 1.82) is 0 Å². The van der Waals surface area contributed by atoms with Gasteiger partial charge in [-0.25, -0.2) is 0 Å². The van der Waals surface area contributed by atoms with E-state index in [-0.39, 0.29) is 90.2 Å². The van der Waals surface area contributed by atoms with Gasteiger partial charge in [-0.2, -0.15) is 0 Å². The van der Waals surface area contributed by atoms with Crippen LogP contribution in [0.5, 0.6) is 0 Å². The van der Waals surface area contributed by atoms with Gasteiger partial charge in [0.2, 0.25) is 0 Å². The van der Waals surface area contributed by atoms with Crippen molar-refractivity contribution in [2.75, 3.05) is 41.2 Å². The number of carbonyl (C=O) groups excluding carboxylic acids is 3. The Bertz CT molecular complexity index is 1870. The molecule has 0 aromatic heterocycles. The number of methoxy groups -OCH3 is 3. The van der Waals surface area contributed by atoms with E-state index in [2.05, 4.69) is 38.1 Å². The van der Waals surface area contributed by atoms with Gasteiger partial charge in [0, 0.05) is 56.4 Å². The molecule has 13 nitrogen and oxygen atoms in total. The molecule has 3 aliphatic heterocycles. The van der Waals surface area contributed by atoms with E-state index < -0.39 is 42.5 Å². The van der Waals surface area contributed by atoms with Gasteiger partial charge in [0.05, 0.1) is 30.8 Å². The molecule has 0 radical (unpaired) electrons. The van der Waals surface area contributed by atoms with Crippen LogP contribution in [0.2, 0.25) is 0 Å². The molecule has 348 valence electrons. The number of hydrogen-bond acceptors (Lipinski definition) is 13. The standard InChI is InChI=1S/C50H72N2O11/c1-10-30-12-11-13-40(63-42-19-18-39(52(5)6)26(3)59-42)25(2)45(54)38-23-35-33-20-31(62-50-49(58-9)48(57-8)47(56-7)27(4)60-50)21-34(33)36-22-32(28-14-16-29(51)17-15-28)46(55)44(36)43(35)37(38)24-41(53)61-30/h14-17,22-23,25-27,30-31,33-37,39-40,42-44,47-50H,10-13,18-21,24,51H2,1-9H3/t25-,26?,27?,30+,31+,33-,34-,35+,36?,37-,39+,40+,42+,43-,44?,47+,48?,49+,50+/m1/s1. The number of benzene rings is 1. The van der Waals surface area contributed by atoms with E-state index in [0.29, 0.717) is 55.0 Å². The molecule has 63 heavy (non-hydrogen) atoms. The van der Waals surface area contributed by atoms with Gasteiger partial charge in [-0.15, -0.1) is 0 Å². The first-order chi connectivity index (χ1) is 30.3. The third kappa shape index (κ3) is 8.99. The lowest BCUT2D eigenvalue weighted by Gasteiger charge is -2.45. The number of Topliss-reactive ketones (excluding diaryl/α,β-unsaturated/α-hetero) is 2. The molecule has 1 aromatic rings. The topological polar surface area (TPSA) is 154 Å². The fourth-order valence-corrected chi connectivity index (χ4v) is 13.0. The first-order valence-corrected chi connectivity index (χ1v) is 23.7. The summed E-state index contributed by atoms with van der Waals surface area (Å²) in [6.07, 6.45) is 6.64. The number of anilines is 1. The van der Waals surface area contributed by atoms with E-state index in [9.17, 15) is 4.79 Å². The summed E-state index contributed by atoms with van der Waals surface area (Å²) in [6.45, 7) is 8.07. The molecule has 0 spiro atoms. The average Bonchev–Trinajstić information content (AvgIpc) is 3.95. The van der Waals surface area contributed by atoms with Crippen molar-refractivity contribution in [3.8, 4) is 0 Å². The molecule has 5 unspecified atom stereocenters. The Hall–Kier alpha value is -3.01. The molecule has 7 aliphatic rings. The molecule has 1 aromatic carbocycles. The Kier molecular flexibility index (Phi) is 14.4. The van der Waals surface area contributed by atoms with Crippen LogP contribution in [-0.4, -0.2) is 125 Å². The lowest BCUT2D eigenvalue weighted by molar-refractivity contribution is -0.314. The average molecular weight is 877 g/mol. The van der Waals surface area contributed by atoms with Gasteiger partial charge in [0.25, 0.3) is 0 Å². The monoisotopic (exact) mass is 877 g/mol. The zero-order valence-electron chi connectivity index (χ0n) is 38.8. The molecule has 3 heterocycles. The van der Waals surface area contributed by atoms with Gasteiger partial charge >= 0.3 is 5.97 Å². The number of hydrogen-bond donors (Lipinski definition) is 1. The second kappa shape index (κ2) is 19.5. The number of nitrogens with two attached hydrogens (primary N) is 1. The first kappa shape index (κ1) is 46.5. The molecule has 5 fully saturated rings. The number of ketones is 2. The summed E-state index contributed by atoms with van der Waals surface area (Å²) in [5.74, 6) is -2.06. The Morgan fingerprint density at radius 2 is 1.48 bits per heavy atom. The number of esters is 1. The predicted octanol–water partition coefficient (Wildman–Crippen LogP) is 6.41. The molecular formula is C50H72N2O11. The van der Waals surface area contributed by atoms with Gasteiger partial charge in [-0.05, 0) is 132 Å². The van der Waals surface area contributed by atoms with Crippen molar-refractivity contribution in [2.24, 2.45) is 47.3 Å². The highest BCUT2D eigenvalue weighted by atomic mass is 16.7. The van der Waals surface area contributed by atoms with E-state index in [1.165, 1.54) is 0 Å². The summed E-state index contributed by atoms with van der Waals surface area (Å²) in [5.41, 5.74) is 8.86. The van der Waals surface area contributed by atoms with Crippen molar-refractivity contribution in [3.63, 3.8) is 0 Å². The van der Waals surface area contributed by atoms with Crippen LogP contribution in [-0.2, 0) is 52.3 Å². The van der Waals surface area contributed by atoms with E-state index in [1.807, 2.05) is 45.0 Å². The van der Waals surface area contributed by atoms with Crippen molar-refractivity contribution in [1.82, 2.24) is 4.90 Å². The second-order valence-electron chi connectivity index (χ2n) is 19.8. The molecular weight excluding hydrogens is 805 g/mol. The molecule has 19 atom stereocenters. The summed E-state index contributed by atoms with van der Waals surface area (Å²) in [7, 11) is 9.08. The van der Waals surface area contributed by atoms with E-state index in [1.54, 1.807) is 21.3 Å². The van der Waals surface area contributed by atoms with Crippen LogP contribution in [0, 0.1) is 47.3 Å². The van der Waals surface area contributed by atoms with Crippen LogP contribution in [0.25, 0.3) is 5.57 Å². The molecule has 4 aliphatic carbocycles. The van der Waals surface area contributed by atoms with E-state index in [0.717, 1.165) is 24.8 Å². The Morgan fingerprint density at radius 3 is 2.13 bits per heavy atom. The number of carbonyl (C=O) groups is 3. The van der Waals surface area contributed by atoms with Crippen LogP contribution >= 0.6 is 0 Å². The number of nitrogen functional groups attached to an aromatic ring is 1. The minimum atomic E-state index is -0.702. The van der Waals surface area contributed by atoms with Crippen molar-refractivity contribution in [3.05, 3.63) is 47.6 Å². The Labute approximate surface area is 374 Å². The summed E-state index contributed by atoms with van der Waals surface area (Å²) in [4.78, 5) is 46.6. The minimum absolute atomic E-state index is 0.0159. The molecule has 2 saturated carbocycles. The van der Waals surface area contributed by atoms with Crippen LogP contribution in [0.4, 0.5) is 5.69 Å². The molecule has 2 N–H and O–H groups in total. The third-order valence-corrected chi connectivity index (χ3v) is 16.1. The number of ether oxygens (including phenoxy) is 8. The Morgan fingerprint density at radius 1 is 0.778 bits per heavy atom. The number of allylic oxidation sites excluding steroid dienone is 4. The highest BCUT2D eigenvalue weighted by Gasteiger charge is 2.62. The zero-order valence-corrected chi connectivity index (χ0v) is 38.8. The van der Waals surface area contributed by atoms with E-state index in [4.69, 9.17) is 43.6 Å². The minimum Gasteiger partial charge on any atom is -0.462 e. The lowest BCUT2D eigenvalue weighted by Crippen LogP contribution is -2.59. The number of fused-ring (bicyclic) bond motifs is 8. The molecule has 0 bridgehead atoms. The number of rotatable bonds is 10. The van der Waals surface area contributed by atoms with Gasteiger partial charge < -0.3 is 48.5 Å². The fraction of sp³-hybridized carbons (Fsp3) is 0.740. The first-order valence-electron chi connectivity index (χ1n) is 23.7. The molecule has 0 amide bonds. The van der Waals surface area contributed by atoms with Crippen molar-refractivity contribution < 1.29 is 52.3 Å². The summed E-state index contributed by atoms with van der Waals surface area (Å²) in [5, 5.41) is 0. The van der Waals surface area contributed by atoms with Gasteiger partial charge in [0.1, 0.15) is 24.4 Å². The summed E-state index contributed by atoms with van der Waals surface area (Å²) < 4.78 is 50.5. The summed E-state index contributed by atoms with van der Waals surface area (Å²) in [6, 6.07) is 7.78. The van der Waals surface area contributed by atoms with Gasteiger partial charge in [-0.1, -0.05) is 38.1 Å².